The predicted octanol–water partition coefficient (Wildman–Crippen LogP) is 1.05. The predicted molar refractivity (Wildman–Crippen MR) is 49.2 cm³/mol. The Hall–Kier alpha value is -1.62. The SMILES string of the molecule is NCc1cc(F)ccc1CNC(=O)O. The first-order valence-electron chi connectivity index (χ1n) is 4.07. The Morgan fingerprint density at radius 2 is 2.21 bits per heavy atom. The molecule has 1 rings (SSSR count). The Kier molecular flexibility index (Phi) is 3.41. The number of carboxylic acid groups (broad SMARTS) is 1. The van der Waals surface area contributed by atoms with Crippen LogP contribution < -0.4 is 11.1 Å². The normalized spacial score (nSPS) is 9.86. The van der Waals surface area contributed by atoms with Gasteiger partial charge in [0.25, 0.3) is 0 Å². The maximum absolute atomic E-state index is 12.7. The van der Waals surface area contributed by atoms with Crippen LogP contribution in [0.2, 0.25) is 0 Å². The number of benzene rings is 1. The minimum Gasteiger partial charge on any atom is -0.465 e. The summed E-state index contributed by atoms with van der Waals surface area (Å²) in [5.41, 5.74) is 6.69. The molecule has 0 heterocycles. The molecule has 1 aromatic rings. The molecule has 0 saturated carbocycles. The average molecular weight is 198 g/mol. The summed E-state index contributed by atoms with van der Waals surface area (Å²) in [5, 5.41) is 10.6. The van der Waals surface area contributed by atoms with Gasteiger partial charge in [-0.2, -0.15) is 0 Å². The van der Waals surface area contributed by atoms with Gasteiger partial charge >= 0.3 is 6.09 Å². The van der Waals surface area contributed by atoms with E-state index in [0.717, 1.165) is 0 Å². The highest BCUT2D eigenvalue weighted by Gasteiger charge is 2.03. The molecule has 1 aromatic carbocycles. The fourth-order valence-corrected chi connectivity index (χ4v) is 1.13. The van der Waals surface area contributed by atoms with E-state index in [9.17, 15) is 9.18 Å². The summed E-state index contributed by atoms with van der Waals surface area (Å²) in [6.07, 6.45) is -1.11. The maximum Gasteiger partial charge on any atom is 0.404 e. The Labute approximate surface area is 80.5 Å². The van der Waals surface area contributed by atoms with E-state index in [4.69, 9.17) is 10.8 Å². The molecule has 1 amide bonds. The zero-order chi connectivity index (χ0) is 10.6. The van der Waals surface area contributed by atoms with Gasteiger partial charge in [-0.1, -0.05) is 6.07 Å². The Balaban J connectivity index is 2.80. The lowest BCUT2D eigenvalue weighted by molar-refractivity contribution is 0.194. The molecule has 0 aliphatic carbocycles. The van der Waals surface area contributed by atoms with Crippen molar-refractivity contribution in [2.75, 3.05) is 0 Å². The van der Waals surface area contributed by atoms with Gasteiger partial charge in [0.05, 0.1) is 0 Å². The minimum absolute atomic E-state index is 0.141. The van der Waals surface area contributed by atoms with Crippen molar-refractivity contribution in [2.45, 2.75) is 13.1 Å². The summed E-state index contributed by atoms with van der Waals surface area (Å²) < 4.78 is 12.7. The highest BCUT2D eigenvalue weighted by atomic mass is 19.1. The largest absolute Gasteiger partial charge is 0.465 e. The number of hydrogen-bond donors (Lipinski definition) is 3. The van der Waals surface area contributed by atoms with E-state index < -0.39 is 6.09 Å². The lowest BCUT2D eigenvalue weighted by Crippen LogP contribution is -2.21. The van der Waals surface area contributed by atoms with Crippen molar-refractivity contribution in [1.29, 1.82) is 0 Å². The van der Waals surface area contributed by atoms with Crippen LogP contribution in [0.3, 0.4) is 0 Å². The molecule has 0 aromatic heterocycles. The topological polar surface area (TPSA) is 75.3 Å². The van der Waals surface area contributed by atoms with Crippen molar-refractivity contribution >= 4 is 6.09 Å². The molecule has 0 atom stereocenters. The molecule has 76 valence electrons. The number of halogens is 1. The van der Waals surface area contributed by atoms with Crippen molar-refractivity contribution in [2.24, 2.45) is 5.73 Å². The molecule has 0 aliphatic heterocycles. The molecule has 4 N–H and O–H groups in total. The van der Waals surface area contributed by atoms with Crippen molar-refractivity contribution in [3.05, 3.63) is 35.1 Å². The third-order valence-corrected chi connectivity index (χ3v) is 1.82. The standard InChI is InChI=1S/C9H11FN2O2/c10-8-2-1-6(5-12-9(13)14)7(3-8)4-11/h1-3,12H,4-5,11H2,(H,13,14). The molecule has 0 fully saturated rings. The summed E-state index contributed by atoms with van der Waals surface area (Å²) in [5.74, 6) is -0.371. The van der Waals surface area contributed by atoms with E-state index in [1.165, 1.54) is 18.2 Å². The van der Waals surface area contributed by atoms with Crippen LogP contribution in [-0.2, 0) is 13.1 Å². The van der Waals surface area contributed by atoms with Gasteiger partial charge in [0.1, 0.15) is 5.82 Å². The van der Waals surface area contributed by atoms with E-state index in [-0.39, 0.29) is 18.9 Å². The van der Waals surface area contributed by atoms with Gasteiger partial charge in [0.2, 0.25) is 0 Å². The first-order valence-corrected chi connectivity index (χ1v) is 4.07. The van der Waals surface area contributed by atoms with E-state index in [1.807, 2.05) is 0 Å². The second-order valence-electron chi connectivity index (χ2n) is 2.78. The van der Waals surface area contributed by atoms with Crippen LogP contribution in [0.1, 0.15) is 11.1 Å². The summed E-state index contributed by atoms with van der Waals surface area (Å²) in [6.45, 7) is 0.330. The first kappa shape index (κ1) is 10.5. The summed E-state index contributed by atoms with van der Waals surface area (Å²) >= 11 is 0. The third-order valence-electron chi connectivity index (χ3n) is 1.82. The fourth-order valence-electron chi connectivity index (χ4n) is 1.13. The Morgan fingerprint density at radius 1 is 1.50 bits per heavy atom. The van der Waals surface area contributed by atoms with Gasteiger partial charge in [-0.3, -0.25) is 0 Å². The average Bonchev–Trinajstić information content (AvgIpc) is 2.15. The van der Waals surface area contributed by atoms with Gasteiger partial charge < -0.3 is 16.2 Å². The van der Waals surface area contributed by atoms with E-state index in [0.29, 0.717) is 11.1 Å². The smallest absolute Gasteiger partial charge is 0.404 e. The van der Waals surface area contributed by atoms with Gasteiger partial charge in [-0.15, -0.1) is 0 Å². The van der Waals surface area contributed by atoms with Crippen LogP contribution in [0, 0.1) is 5.82 Å². The highest BCUT2D eigenvalue weighted by Crippen LogP contribution is 2.10. The number of rotatable bonds is 3. The monoisotopic (exact) mass is 198 g/mol. The molecular formula is C9H11FN2O2. The van der Waals surface area contributed by atoms with Crippen LogP contribution in [0.4, 0.5) is 9.18 Å². The second-order valence-corrected chi connectivity index (χ2v) is 2.78. The Bertz CT molecular complexity index is 342. The molecule has 0 radical (unpaired) electrons. The minimum atomic E-state index is -1.11. The van der Waals surface area contributed by atoms with Crippen molar-refractivity contribution in [1.82, 2.24) is 5.32 Å². The fraction of sp³-hybridized carbons (Fsp3) is 0.222. The second kappa shape index (κ2) is 4.57. The number of carbonyl (C=O) groups is 1. The molecule has 4 nitrogen and oxygen atoms in total. The number of nitrogens with one attached hydrogen (secondary N) is 1. The van der Waals surface area contributed by atoms with E-state index in [2.05, 4.69) is 5.32 Å². The maximum atomic E-state index is 12.7. The lowest BCUT2D eigenvalue weighted by Gasteiger charge is -2.07. The molecule has 0 aliphatic rings. The summed E-state index contributed by atoms with van der Waals surface area (Å²) in [6, 6.07) is 4.10. The van der Waals surface area contributed by atoms with Crippen molar-refractivity contribution < 1.29 is 14.3 Å². The van der Waals surface area contributed by atoms with Gasteiger partial charge in [0.15, 0.2) is 0 Å². The van der Waals surface area contributed by atoms with E-state index >= 15 is 0 Å². The van der Waals surface area contributed by atoms with Crippen molar-refractivity contribution in [3.8, 4) is 0 Å². The number of nitrogens with two attached hydrogens (primary N) is 1. The molecule has 5 heteroatoms. The van der Waals surface area contributed by atoms with Crippen LogP contribution in [-0.4, -0.2) is 11.2 Å². The van der Waals surface area contributed by atoms with E-state index in [1.54, 1.807) is 0 Å². The molecule has 0 spiro atoms. The zero-order valence-corrected chi connectivity index (χ0v) is 7.46. The lowest BCUT2D eigenvalue weighted by atomic mass is 10.1. The van der Waals surface area contributed by atoms with Crippen LogP contribution in [0.5, 0.6) is 0 Å². The van der Waals surface area contributed by atoms with Crippen LogP contribution in [0.25, 0.3) is 0 Å². The van der Waals surface area contributed by atoms with Gasteiger partial charge in [0, 0.05) is 13.1 Å². The quantitative estimate of drug-likeness (QED) is 0.679. The Morgan fingerprint density at radius 3 is 2.79 bits per heavy atom. The van der Waals surface area contributed by atoms with Crippen LogP contribution >= 0.6 is 0 Å². The van der Waals surface area contributed by atoms with Gasteiger partial charge in [-0.05, 0) is 23.3 Å². The van der Waals surface area contributed by atoms with Gasteiger partial charge in [-0.25, -0.2) is 9.18 Å². The highest BCUT2D eigenvalue weighted by molar-refractivity contribution is 5.64. The number of hydrogen-bond acceptors (Lipinski definition) is 2. The summed E-state index contributed by atoms with van der Waals surface area (Å²) in [4.78, 5) is 10.2. The number of amides is 1. The summed E-state index contributed by atoms with van der Waals surface area (Å²) in [7, 11) is 0. The van der Waals surface area contributed by atoms with Crippen molar-refractivity contribution in [3.63, 3.8) is 0 Å². The molecule has 0 saturated heterocycles. The molecule has 0 bridgehead atoms. The van der Waals surface area contributed by atoms with Crippen LogP contribution in [0.15, 0.2) is 18.2 Å². The first-order chi connectivity index (χ1) is 6.63. The third kappa shape index (κ3) is 2.70. The molecular weight excluding hydrogens is 187 g/mol. The molecule has 0 unspecified atom stereocenters. The zero-order valence-electron chi connectivity index (χ0n) is 7.46. The molecule has 14 heavy (non-hydrogen) atoms.